The number of carbonyl (C=O) groups is 2. The molecule has 1 aliphatic carbocycles. The standard InChI is InChI=1S/C21H24N2O7/c24-20(22-9-3-5-14-4-1-2-6-16(14)22)12-28-21(25)8-7-15-10-18-19(30-13-29-18)11-17(15)23(26)27/h7-8,10-11,14,16H,1-6,9,12-13H2/b8-7+/t14-,16-/m1/s1. The van der Waals surface area contributed by atoms with E-state index in [4.69, 9.17) is 14.2 Å². The van der Waals surface area contributed by atoms with Crippen LogP contribution in [0.2, 0.25) is 0 Å². The van der Waals surface area contributed by atoms with Gasteiger partial charge >= 0.3 is 5.97 Å². The third-order valence-corrected chi connectivity index (χ3v) is 6.02. The van der Waals surface area contributed by atoms with Gasteiger partial charge in [0, 0.05) is 18.7 Å². The van der Waals surface area contributed by atoms with Gasteiger partial charge in [-0.25, -0.2) is 4.79 Å². The fourth-order valence-corrected chi connectivity index (χ4v) is 4.59. The topological polar surface area (TPSA) is 108 Å². The molecule has 1 aromatic carbocycles. The molecule has 2 aliphatic heterocycles. The smallest absolute Gasteiger partial charge is 0.331 e. The molecule has 2 heterocycles. The van der Waals surface area contributed by atoms with Crippen LogP contribution in [0.15, 0.2) is 18.2 Å². The summed E-state index contributed by atoms with van der Waals surface area (Å²) in [6.07, 6.45) is 9.02. The molecule has 2 fully saturated rings. The molecule has 0 unspecified atom stereocenters. The van der Waals surface area contributed by atoms with Gasteiger partial charge in [0.2, 0.25) is 6.79 Å². The first kappa shape index (κ1) is 20.2. The molecule has 0 radical (unpaired) electrons. The van der Waals surface area contributed by atoms with E-state index in [-0.39, 0.29) is 42.3 Å². The van der Waals surface area contributed by atoms with Crippen LogP contribution in [0.1, 0.15) is 44.1 Å². The van der Waals surface area contributed by atoms with E-state index in [9.17, 15) is 19.7 Å². The second-order valence-corrected chi connectivity index (χ2v) is 7.80. The Labute approximate surface area is 173 Å². The van der Waals surface area contributed by atoms with E-state index >= 15 is 0 Å². The Morgan fingerprint density at radius 3 is 2.70 bits per heavy atom. The number of nitrogens with zero attached hydrogens (tertiary/aromatic N) is 2. The van der Waals surface area contributed by atoms with Crippen molar-refractivity contribution in [1.29, 1.82) is 0 Å². The van der Waals surface area contributed by atoms with Crippen molar-refractivity contribution in [1.82, 2.24) is 4.90 Å². The van der Waals surface area contributed by atoms with Crippen LogP contribution in [0.4, 0.5) is 5.69 Å². The van der Waals surface area contributed by atoms with Gasteiger partial charge < -0.3 is 19.1 Å². The Kier molecular flexibility index (Phi) is 5.87. The normalized spacial score (nSPS) is 22.6. The van der Waals surface area contributed by atoms with Gasteiger partial charge in [0.15, 0.2) is 18.1 Å². The van der Waals surface area contributed by atoms with Crippen LogP contribution in [0.5, 0.6) is 11.5 Å². The van der Waals surface area contributed by atoms with E-state index in [1.54, 1.807) is 0 Å². The average molecular weight is 416 g/mol. The first-order valence-corrected chi connectivity index (χ1v) is 10.3. The molecule has 160 valence electrons. The number of carbonyl (C=O) groups excluding carboxylic acids is 2. The molecule has 0 aromatic heterocycles. The number of rotatable bonds is 5. The van der Waals surface area contributed by atoms with E-state index in [1.165, 1.54) is 24.6 Å². The lowest BCUT2D eigenvalue weighted by Gasteiger charge is -2.44. The molecule has 1 saturated carbocycles. The highest BCUT2D eigenvalue weighted by Gasteiger charge is 2.35. The number of nitro groups is 1. The number of nitro benzene ring substituents is 1. The fourth-order valence-electron chi connectivity index (χ4n) is 4.59. The van der Waals surface area contributed by atoms with E-state index in [0.29, 0.717) is 18.2 Å². The second-order valence-electron chi connectivity index (χ2n) is 7.80. The second kappa shape index (κ2) is 8.73. The first-order chi connectivity index (χ1) is 14.5. The number of benzene rings is 1. The van der Waals surface area contributed by atoms with Gasteiger partial charge in [-0.15, -0.1) is 0 Å². The summed E-state index contributed by atoms with van der Waals surface area (Å²) < 4.78 is 15.5. The van der Waals surface area contributed by atoms with Gasteiger partial charge in [-0.1, -0.05) is 12.8 Å². The molecule has 9 heteroatoms. The number of ether oxygens (including phenoxy) is 3. The summed E-state index contributed by atoms with van der Waals surface area (Å²) >= 11 is 0. The van der Waals surface area contributed by atoms with Crippen molar-refractivity contribution >= 4 is 23.6 Å². The maximum atomic E-state index is 12.6. The number of piperidine rings is 1. The van der Waals surface area contributed by atoms with Crippen molar-refractivity contribution in [2.45, 2.75) is 44.6 Å². The van der Waals surface area contributed by atoms with Gasteiger partial charge in [-0.3, -0.25) is 14.9 Å². The predicted octanol–water partition coefficient (Wildman–Crippen LogP) is 3.06. The maximum Gasteiger partial charge on any atom is 0.331 e. The van der Waals surface area contributed by atoms with Crippen molar-refractivity contribution in [2.75, 3.05) is 19.9 Å². The highest BCUT2D eigenvalue weighted by Crippen LogP contribution is 2.38. The molecule has 1 saturated heterocycles. The average Bonchev–Trinajstić information content (AvgIpc) is 3.22. The zero-order valence-electron chi connectivity index (χ0n) is 16.6. The zero-order chi connectivity index (χ0) is 21.1. The summed E-state index contributed by atoms with van der Waals surface area (Å²) in [6, 6.07) is 2.95. The molecular formula is C21H24N2O7. The van der Waals surface area contributed by atoms with Crippen molar-refractivity contribution < 1.29 is 28.7 Å². The summed E-state index contributed by atoms with van der Waals surface area (Å²) in [7, 11) is 0. The highest BCUT2D eigenvalue weighted by molar-refractivity contribution is 5.90. The van der Waals surface area contributed by atoms with Gasteiger partial charge in [0.25, 0.3) is 11.6 Å². The van der Waals surface area contributed by atoms with Crippen LogP contribution >= 0.6 is 0 Å². The number of hydrogen-bond acceptors (Lipinski definition) is 7. The lowest BCUT2D eigenvalue weighted by Crippen LogP contribution is -2.50. The largest absolute Gasteiger partial charge is 0.454 e. The van der Waals surface area contributed by atoms with E-state index in [1.807, 2.05) is 4.90 Å². The number of hydrogen-bond donors (Lipinski definition) is 0. The van der Waals surface area contributed by atoms with E-state index < -0.39 is 10.9 Å². The van der Waals surface area contributed by atoms with Crippen LogP contribution < -0.4 is 9.47 Å². The lowest BCUT2D eigenvalue weighted by atomic mass is 9.78. The summed E-state index contributed by atoms with van der Waals surface area (Å²) in [4.78, 5) is 37.3. The van der Waals surface area contributed by atoms with Gasteiger partial charge in [0.05, 0.1) is 16.6 Å². The summed E-state index contributed by atoms with van der Waals surface area (Å²) in [5.74, 6) is 0.305. The third-order valence-electron chi connectivity index (χ3n) is 6.02. The molecule has 0 bridgehead atoms. The summed E-state index contributed by atoms with van der Waals surface area (Å²) in [5.41, 5.74) is -0.0235. The lowest BCUT2D eigenvalue weighted by molar-refractivity contribution is -0.385. The van der Waals surface area contributed by atoms with Crippen LogP contribution in [0, 0.1) is 16.0 Å². The third kappa shape index (κ3) is 4.24. The van der Waals surface area contributed by atoms with Crippen LogP contribution in [-0.4, -0.2) is 47.7 Å². The summed E-state index contributed by atoms with van der Waals surface area (Å²) in [5, 5.41) is 11.3. The molecule has 0 N–H and O–H groups in total. The maximum absolute atomic E-state index is 12.6. The Balaban J connectivity index is 1.36. The van der Waals surface area contributed by atoms with Crippen LogP contribution in [0.25, 0.3) is 6.08 Å². The molecule has 0 spiro atoms. The number of esters is 1. The summed E-state index contributed by atoms with van der Waals surface area (Å²) in [6.45, 7) is 0.370. The fraction of sp³-hybridized carbons (Fsp3) is 0.524. The van der Waals surface area contributed by atoms with E-state index in [2.05, 4.69) is 0 Å². The van der Waals surface area contributed by atoms with Crippen molar-refractivity contribution in [3.05, 3.63) is 33.9 Å². The number of fused-ring (bicyclic) bond motifs is 2. The van der Waals surface area contributed by atoms with E-state index in [0.717, 1.165) is 38.2 Å². The Morgan fingerprint density at radius 2 is 1.90 bits per heavy atom. The van der Waals surface area contributed by atoms with Crippen molar-refractivity contribution in [3.8, 4) is 11.5 Å². The quantitative estimate of drug-likeness (QED) is 0.314. The predicted molar refractivity (Wildman–Crippen MR) is 106 cm³/mol. The SMILES string of the molecule is O=C(/C=C/c1cc2c(cc1[N+](=O)[O-])OCO2)OCC(=O)N1CCC[C@H]2CCCC[C@H]21. The molecule has 9 nitrogen and oxygen atoms in total. The highest BCUT2D eigenvalue weighted by atomic mass is 16.7. The van der Waals surface area contributed by atoms with Crippen molar-refractivity contribution in [3.63, 3.8) is 0 Å². The van der Waals surface area contributed by atoms with Gasteiger partial charge in [-0.2, -0.15) is 0 Å². The Bertz CT molecular complexity index is 880. The zero-order valence-corrected chi connectivity index (χ0v) is 16.6. The van der Waals surface area contributed by atoms with Crippen LogP contribution in [-0.2, 0) is 14.3 Å². The minimum absolute atomic E-state index is 0.0117. The molecule has 1 aromatic rings. The molecule has 1 amide bonds. The number of amides is 1. The molecule has 4 rings (SSSR count). The van der Waals surface area contributed by atoms with Crippen molar-refractivity contribution in [2.24, 2.45) is 5.92 Å². The first-order valence-electron chi connectivity index (χ1n) is 10.3. The van der Waals surface area contributed by atoms with Gasteiger partial charge in [-0.05, 0) is 43.7 Å². The molecular weight excluding hydrogens is 392 g/mol. The minimum atomic E-state index is -0.729. The number of likely N-dealkylation sites (tertiary alicyclic amines) is 1. The van der Waals surface area contributed by atoms with Gasteiger partial charge in [0.1, 0.15) is 0 Å². The molecule has 3 aliphatic rings. The Morgan fingerprint density at radius 1 is 1.17 bits per heavy atom. The molecule has 30 heavy (non-hydrogen) atoms. The monoisotopic (exact) mass is 416 g/mol. The minimum Gasteiger partial charge on any atom is -0.454 e. The van der Waals surface area contributed by atoms with Crippen LogP contribution in [0.3, 0.4) is 0 Å². The Hall–Kier alpha value is -3.10. The molecule has 2 atom stereocenters.